The Hall–Kier alpha value is -2.08. The summed E-state index contributed by atoms with van der Waals surface area (Å²) >= 11 is 1.35. The summed E-state index contributed by atoms with van der Waals surface area (Å²) < 4.78 is 5.79. The number of hydrogen-bond donors (Lipinski definition) is 0. The average Bonchev–Trinajstić information content (AvgIpc) is 3.22. The number of aromatic nitrogens is 2. The SMILES string of the molecule is O=C(CSc1nnc(C2CCCCC2)o1)N1CC=C(c2ccccc2)CC1. The van der Waals surface area contributed by atoms with E-state index in [1.165, 1.54) is 42.2 Å². The highest BCUT2D eigenvalue weighted by Gasteiger charge is 2.23. The fourth-order valence-electron chi connectivity index (χ4n) is 3.82. The molecule has 2 aliphatic rings. The first-order chi connectivity index (χ1) is 13.3. The maximum absolute atomic E-state index is 12.5. The van der Waals surface area contributed by atoms with E-state index in [-0.39, 0.29) is 5.91 Å². The molecule has 1 aliphatic heterocycles. The first kappa shape index (κ1) is 18.3. The molecule has 2 aromatic rings. The second-order valence-electron chi connectivity index (χ2n) is 7.21. The summed E-state index contributed by atoms with van der Waals surface area (Å²) in [6.07, 6.45) is 9.10. The van der Waals surface area contributed by atoms with Crippen molar-refractivity contribution in [3.8, 4) is 0 Å². The summed E-state index contributed by atoms with van der Waals surface area (Å²) in [4.78, 5) is 14.4. The van der Waals surface area contributed by atoms with Crippen LogP contribution in [-0.2, 0) is 4.79 Å². The minimum Gasteiger partial charge on any atom is -0.416 e. The number of benzene rings is 1. The first-order valence-electron chi connectivity index (χ1n) is 9.78. The van der Waals surface area contributed by atoms with Crippen LogP contribution in [0.3, 0.4) is 0 Å². The van der Waals surface area contributed by atoms with E-state index in [0.29, 0.717) is 23.4 Å². The first-order valence-corrected chi connectivity index (χ1v) is 10.8. The zero-order valence-corrected chi connectivity index (χ0v) is 16.3. The minimum atomic E-state index is 0.126. The van der Waals surface area contributed by atoms with Crippen LogP contribution in [0.15, 0.2) is 46.0 Å². The van der Waals surface area contributed by atoms with Crippen molar-refractivity contribution < 1.29 is 9.21 Å². The van der Waals surface area contributed by atoms with Crippen LogP contribution in [0.5, 0.6) is 0 Å². The number of carbonyl (C=O) groups is 1. The van der Waals surface area contributed by atoms with Crippen molar-refractivity contribution in [2.24, 2.45) is 0 Å². The van der Waals surface area contributed by atoms with Gasteiger partial charge in [-0.15, -0.1) is 10.2 Å². The Morgan fingerprint density at radius 2 is 1.96 bits per heavy atom. The number of amides is 1. The Morgan fingerprint density at radius 3 is 2.70 bits per heavy atom. The molecule has 5 nitrogen and oxygen atoms in total. The molecule has 0 bridgehead atoms. The lowest BCUT2D eigenvalue weighted by atomic mass is 9.89. The van der Waals surface area contributed by atoms with Crippen LogP contribution in [-0.4, -0.2) is 39.8 Å². The molecule has 1 fully saturated rings. The van der Waals surface area contributed by atoms with Crippen LogP contribution in [0.4, 0.5) is 0 Å². The van der Waals surface area contributed by atoms with Gasteiger partial charge in [0, 0.05) is 19.0 Å². The van der Waals surface area contributed by atoms with E-state index in [1.54, 1.807) is 0 Å². The number of thioether (sulfide) groups is 1. The fraction of sp³-hybridized carbons (Fsp3) is 0.476. The Balaban J connectivity index is 1.28. The van der Waals surface area contributed by atoms with Gasteiger partial charge >= 0.3 is 0 Å². The highest BCUT2D eigenvalue weighted by Crippen LogP contribution is 2.33. The molecule has 1 aliphatic carbocycles. The smallest absolute Gasteiger partial charge is 0.277 e. The van der Waals surface area contributed by atoms with Gasteiger partial charge in [-0.1, -0.05) is 67.4 Å². The van der Waals surface area contributed by atoms with Gasteiger partial charge in [-0.2, -0.15) is 0 Å². The van der Waals surface area contributed by atoms with E-state index in [1.807, 2.05) is 11.0 Å². The highest BCUT2D eigenvalue weighted by molar-refractivity contribution is 7.99. The molecule has 27 heavy (non-hydrogen) atoms. The van der Waals surface area contributed by atoms with Crippen molar-refractivity contribution in [1.29, 1.82) is 0 Å². The lowest BCUT2D eigenvalue weighted by Crippen LogP contribution is -2.35. The predicted molar refractivity (Wildman–Crippen MR) is 106 cm³/mol. The minimum absolute atomic E-state index is 0.126. The van der Waals surface area contributed by atoms with E-state index < -0.39 is 0 Å². The lowest BCUT2D eigenvalue weighted by molar-refractivity contribution is -0.127. The van der Waals surface area contributed by atoms with Gasteiger partial charge in [-0.05, 0) is 30.4 Å². The van der Waals surface area contributed by atoms with E-state index >= 15 is 0 Å². The fourth-order valence-corrected chi connectivity index (χ4v) is 4.49. The highest BCUT2D eigenvalue weighted by atomic mass is 32.2. The normalized spacial score (nSPS) is 18.4. The van der Waals surface area contributed by atoms with Gasteiger partial charge in [0.15, 0.2) is 0 Å². The second kappa shape index (κ2) is 8.74. The van der Waals surface area contributed by atoms with Gasteiger partial charge in [0.2, 0.25) is 11.8 Å². The third-order valence-corrected chi connectivity index (χ3v) is 6.21. The summed E-state index contributed by atoms with van der Waals surface area (Å²) in [5.74, 6) is 1.62. The van der Waals surface area contributed by atoms with Crippen molar-refractivity contribution in [1.82, 2.24) is 15.1 Å². The zero-order chi connectivity index (χ0) is 18.5. The molecule has 1 aromatic carbocycles. The summed E-state index contributed by atoms with van der Waals surface area (Å²) in [5, 5.41) is 8.84. The van der Waals surface area contributed by atoms with Gasteiger partial charge in [0.25, 0.3) is 5.22 Å². The van der Waals surface area contributed by atoms with E-state index in [0.717, 1.165) is 31.7 Å². The standard InChI is InChI=1S/C21H25N3O2S/c25-19(24-13-11-17(12-14-24)16-7-3-1-4-8-16)15-27-21-23-22-20(26-21)18-9-5-2-6-10-18/h1,3-4,7-8,11,18H,2,5-6,9-10,12-15H2. The summed E-state index contributed by atoms with van der Waals surface area (Å²) in [7, 11) is 0. The molecule has 0 atom stereocenters. The van der Waals surface area contributed by atoms with Crippen LogP contribution in [0.2, 0.25) is 0 Å². The van der Waals surface area contributed by atoms with Gasteiger partial charge in [-0.3, -0.25) is 4.79 Å². The van der Waals surface area contributed by atoms with E-state index in [2.05, 4.69) is 40.5 Å². The van der Waals surface area contributed by atoms with Crippen LogP contribution in [0.1, 0.15) is 55.9 Å². The molecule has 142 valence electrons. The van der Waals surface area contributed by atoms with Crippen molar-refractivity contribution in [3.05, 3.63) is 47.9 Å². The van der Waals surface area contributed by atoms with E-state index in [4.69, 9.17) is 4.42 Å². The number of carbonyl (C=O) groups excluding carboxylic acids is 1. The van der Waals surface area contributed by atoms with Gasteiger partial charge in [0.05, 0.1) is 5.75 Å². The number of nitrogens with zero attached hydrogens (tertiary/aromatic N) is 3. The number of rotatable bonds is 5. The monoisotopic (exact) mass is 383 g/mol. The van der Waals surface area contributed by atoms with Gasteiger partial charge in [-0.25, -0.2) is 0 Å². The molecule has 1 saturated carbocycles. The van der Waals surface area contributed by atoms with Crippen molar-refractivity contribution in [3.63, 3.8) is 0 Å². The summed E-state index contributed by atoms with van der Waals surface area (Å²) in [5.41, 5.74) is 2.57. The molecule has 1 amide bonds. The predicted octanol–water partition coefficient (Wildman–Crippen LogP) is 4.53. The Kier molecular flexibility index (Phi) is 5.92. The summed E-state index contributed by atoms with van der Waals surface area (Å²) in [6.45, 7) is 1.43. The molecule has 0 radical (unpaired) electrons. The lowest BCUT2D eigenvalue weighted by Gasteiger charge is -2.26. The third kappa shape index (κ3) is 4.61. The quantitative estimate of drug-likeness (QED) is 0.710. The Labute approximate surface area is 164 Å². The molecule has 4 rings (SSSR count). The molecule has 1 aromatic heterocycles. The maximum atomic E-state index is 12.5. The molecule has 0 saturated heterocycles. The van der Waals surface area contributed by atoms with E-state index in [9.17, 15) is 4.79 Å². The molecule has 2 heterocycles. The molecular formula is C21H25N3O2S. The zero-order valence-electron chi connectivity index (χ0n) is 15.5. The van der Waals surface area contributed by atoms with Crippen molar-refractivity contribution >= 4 is 23.2 Å². The topological polar surface area (TPSA) is 59.2 Å². The van der Waals surface area contributed by atoms with Gasteiger partial charge < -0.3 is 9.32 Å². The van der Waals surface area contributed by atoms with Crippen molar-refractivity contribution in [2.75, 3.05) is 18.8 Å². The molecule has 6 heteroatoms. The maximum Gasteiger partial charge on any atom is 0.277 e. The van der Waals surface area contributed by atoms with Crippen LogP contribution in [0, 0.1) is 0 Å². The molecule has 0 spiro atoms. The molecular weight excluding hydrogens is 358 g/mol. The van der Waals surface area contributed by atoms with Crippen LogP contribution >= 0.6 is 11.8 Å². The number of hydrogen-bond acceptors (Lipinski definition) is 5. The Morgan fingerprint density at radius 1 is 1.15 bits per heavy atom. The van der Waals surface area contributed by atoms with Crippen LogP contribution < -0.4 is 0 Å². The third-order valence-electron chi connectivity index (χ3n) is 5.40. The second-order valence-corrected chi connectivity index (χ2v) is 8.14. The van der Waals surface area contributed by atoms with Crippen molar-refractivity contribution in [2.45, 2.75) is 49.7 Å². The van der Waals surface area contributed by atoms with Crippen LogP contribution in [0.25, 0.3) is 5.57 Å². The summed E-state index contributed by atoms with van der Waals surface area (Å²) in [6, 6.07) is 10.4. The largest absolute Gasteiger partial charge is 0.416 e. The molecule has 0 unspecified atom stereocenters. The molecule has 0 N–H and O–H groups in total. The average molecular weight is 384 g/mol. The van der Waals surface area contributed by atoms with Gasteiger partial charge in [0.1, 0.15) is 0 Å². The Bertz CT molecular complexity index is 797.